The lowest BCUT2D eigenvalue weighted by Gasteiger charge is -2.17. The molecule has 20 heavy (non-hydrogen) atoms. The smallest absolute Gasteiger partial charge is 0.320 e. The van der Waals surface area contributed by atoms with Crippen LogP contribution in [0.2, 0.25) is 0 Å². The number of sulfonamides is 1. The minimum Gasteiger partial charge on any atom is -0.398 e. The summed E-state index contributed by atoms with van der Waals surface area (Å²) in [7, 11) is -4.35. The van der Waals surface area contributed by atoms with Crippen molar-refractivity contribution in [1.82, 2.24) is 4.72 Å². The van der Waals surface area contributed by atoms with Crippen LogP contribution in [0.25, 0.3) is 0 Å². The maximum atomic E-state index is 12.7. The van der Waals surface area contributed by atoms with E-state index < -0.39 is 28.9 Å². The normalized spacial score (nSPS) is 12.9. The topological polar surface area (TPSA) is 72.2 Å². The number of anilines is 1. The Morgan fingerprint density at radius 2 is 1.85 bits per heavy atom. The summed E-state index contributed by atoms with van der Waals surface area (Å²) in [6.45, 7) is 1.29. The van der Waals surface area contributed by atoms with Crippen molar-refractivity contribution in [2.24, 2.45) is 0 Å². The largest absolute Gasteiger partial charge is 0.398 e. The summed E-state index contributed by atoms with van der Waals surface area (Å²) in [5.41, 5.74) is 6.44. The molecule has 0 fully saturated rings. The second-order valence-corrected chi connectivity index (χ2v) is 6.10. The van der Waals surface area contributed by atoms with E-state index in [1.165, 1.54) is 23.8 Å². The molecule has 0 saturated carbocycles. The molecule has 0 saturated heterocycles. The van der Waals surface area contributed by atoms with E-state index in [9.17, 15) is 26.0 Å². The number of nitrogens with one attached hydrogen (secondary N) is 1. The first-order valence-corrected chi connectivity index (χ1v) is 6.98. The zero-order chi connectivity index (χ0) is 15.7. The van der Waals surface area contributed by atoms with E-state index >= 15 is 0 Å². The molecule has 0 spiro atoms. The lowest BCUT2D eigenvalue weighted by molar-refractivity contribution is -0.122. The minimum atomic E-state index is -4.43. The zero-order valence-electron chi connectivity index (χ0n) is 10.8. The standard InChI is InChI=1S/C11H14F4N2O2S/c1-6-3-8(16)7(2)9(4-6)20(18,19)17-5-11(14,15)10(12)13/h3-4,10,17H,5,16H2,1-2H3. The lowest BCUT2D eigenvalue weighted by Crippen LogP contribution is -2.41. The molecule has 0 aromatic heterocycles. The van der Waals surface area contributed by atoms with Crippen LogP contribution in [0.5, 0.6) is 0 Å². The summed E-state index contributed by atoms with van der Waals surface area (Å²) in [4.78, 5) is -0.305. The van der Waals surface area contributed by atoms with Crippen LogP contribution in [0.15, 0.2) is 17.0 Å². The Balaban J connectivity index is 3.07. The Kier molecular flexibility index (Phi) is 4.65. The van der Waals surface area contributed by atoms with Gasteiger partial charge in [0.2, 0.25) is 10.0 Å². The van der Waals surface area contributed by atoms with Crippen LogP contribution in [-0.4, -0.2) is 27.3 Å². The van der Waals surface area contributed by atoms with Crippen LogP contribution in [-0.2, 0) is 10.0 Å². The molecular formula is C11H14F4N2O2S. The van der Waals surface area contributed by atoms with Gasteiger partial charge in [0.25, 0.3) is 0 Å². The molecule has 3 N–H and O–H groups in total. The van der Waals surface area contributed by atoms with E-state index in [-0.39, 0.29) is 16.1 Å². The molecule has 0 unspecified atom stereocenters. The predicted octanol–water partition coefficient (Wildman–Crippen LogP) is 2.06. The van der Waals surface area contributed by atoms with Crippen molar-refractivity contribution in [3.63, 3.8) is 0 Å². The number of alkyl halides is 4. The molecule has 0 amide bonds. The number of benzene rings is 1. The minimum absolute atomic E-state index is 0.170. The van der Waals surface area contributed by atoms with E-state index in [2.05, 4.69) is 0 Å². The van der Waals surface area contributed by atoms with E-state index in [1.807, 2.05) is 0 Å². The Hall–Kier alpha value is -1.35. The number of hydrogen-bond donors (Lipinski definition) is 2. The van der Waals surface area contributed by atoms with Crippen molar-refractivity contribution in [2.75, 3.05) is 12.3 Å². The van der Waals surface area contributed by atoms with Crippen LogP contribution >= 0.6 is 0 Å². The van der Waals surface area contributed by atoms with Crippen LogP contribution in [0, 0.1) is 13.8 Å². The van der Waals surface area contributed by atoms with Crippen LogP contribution < -0.4 is 10.5 Å². The van der Waals surface area contributed by atoms with Crippen molar-refractivity contribution in [3.05, 3.63) is 23.3 Å². The molecule has 0 aliphatic heterocycles. The summed E-state index contributed by atoms with van der Waals surface area (Å²) in [6.07, 6.45) is -3.95. The molecule has 0 aliphatic rings. The molecule has 1 rings (SSSR count). The monoisotopic (exact) mass is 314 g/mol. The van der Waals surface area contributed by atoms with Gasteiger partial charge < -0.3 is 5.73 Å². The van der Waals surface area contributed by atoms with E-state index in [1.54, 1.807) is 6.92 Å². The highest BCUT2D eigenvalue weighted by molar-refractivity contribution is 7.89. The predicted molar refractivity (Wildman–Crippen MR) is 66.5 cm³/mol. The molecule has 0 atom stereocenters. The van der Waals surface area contributed by atoms with Gasteiger partial charge in [0.1, 0.15) is 0 Å². The molecular weight excluding hydrogens is 300 g/mol. The van der Waals surface area contributed by atoms with Crippen LogP contribution in [0.3, 0.4) is 0 Å². The van der Waals surface area contributed by atoms with Crippen LogP contribution in [0.1, 0.15) is 11.1 Å². The number of rotatable bonds is 5. The highest BCUT2D eigenvalue weighted by atomic mass is 32.2. The molecule has 114 valence electrons. The van der Waals surface area contributed by atoms with Gasteiger partial charge in [-0.3, -0.25) is 0 Å². The highest BCUT2D eigenvalue weighted by Gasteiger charge is 2.41. The van der Waals surface area contributed by atoms with Crippen molar-refractivity contribution < 1.29 is 26.0 Å². The third kappa shape index (κ3) is 3.60. The molecule has 1 aromatic carbocycles. The molecule has 0 radical (unpaired) electrons. The van der Waals surface area contributed by atoms with E-state index in [0.717, 1.165) is 0 Å². The fourth-order valence-electron chi connectivity index (χ4n) is 1.48. The summed E-state index contributed by atoms with van der Waals surface area (Å²) in [5.74, 6) is -4.43. The fraction of sp³-hybridized carbons (Fsp3) is 0.455. The van der Waals surface area contributed by atoms with Crippen molar-refractivity contribution in [2.45, 2.75) is 31.1 Å². The Bertz CT molecular complexity index is 603. The Labute approximate surface area is 114 Å². The number of nitrogen functional groups attached to an aromatic ring is 1. The zero-order valence-corrected chi connectivity index (χ0v) is 11.6. The van der Waals surface area contributed by atoms with Gasteiger partial charge in [0.15, 0.2) is 0 Å². The number of hydrogen-bond acceptors (Lipinski definition) is 3. The van der Waals surface area contributed by atoms with Gasteiger partial charge in [-0.1, -0.05) is 0 Å². The summed E-state index contributed by atoms with van der Waals surface area (Å²) in [6, 6.07) is 2.75. The molecule has 9 heteroatoms. The third-order valence-electron chi connectivity index (χ3n) is 2.65. The first-order chi connectivity index (χ1) is 8.97. The second kappa shape index (κ2) is 5.57. The van der Waals surface area contributed by atoms with Gasteiger partial charge in [-0.2, -0.15) is 8.78 Å². The summed E-state index contributed by atoms with van der Waals surface area (Å²) < 4.78 is 74.7. The van der Waals surface area contributed by atoms with Crippen molar-refractivity contribution in [1.29, 1.82) is 0 Å². The van der Waals surface area contributed by atoms with Gasteiger partial charge in [-0.15, -0.1) is 0 Å². The Morgan fingerprint density at radius 1 is 1.30 bits per heavy atom. The van der Waals surface area contributed by atoms with Gasteiger partial charge in [0.05, 0.1) is 11.4 Å². The third-order valence-corrected chi connectivity index (χ3v) is 4.18. The quantitative estimate of drug-likeness (QED) is 0.645. The number of aryl methyl sites for hydroxylation is 1. The average Bonchev–Trinajstić information content (AvgIpc) is 2.31. The van der Waals surface area contributed by atoms with Gasteiger partial charge in [-0.05, 0) is 37.1 Å². The molecule has 1 aromatic rings. The molecule has 0 bridgehead atoms. The first kappa shape index (κ1) is 16.7. The van der Waals surface area contributed by atoms with E-state index in [4.69, 9.17) is 5.73 Å². The lowest BCUT2D eigenvalue weighted by atomic mass is 10.1. The first-order valence-electron chi connectivity index (χ1n) is 5.50. The second-order valence-electron chi connectivity index (χ2n) is 4.36. The molecule has 0 heterocycles. The highest BCUT2D eigenvalue weighted by Crippen LogP contribution is 2.25. The van der Waals surface area contributed by atoms with Gasteiger partial charge in [-0.25, -0.2) is 21.9 Å². The molecule has 0 aliphatic carbocycles. The SMILES string of the molecule is Cc1cc(N)c(C)c(S(=O)(=O)NCC(F)(F)C(F)F)c1. The summed E-state index contributed by atoms with van der Waals surface area (Å²) in [5, 5.41) is 0. The number of halogens is 4. The fourth-order valence-corrected chi connectivity index (χ4v) is 2.88. The maximum Gasteiger partial charge on any atom is 0.320 e. The van der Waals surface area contributed by atoms with E-state index in [0.29, 0.717) is 5.56 Å². The Morgan fingerprint density at radius 3 is 2.35 bits per heavy atom. The molecule has 4 nitrogen and oxygen atoms in total. The average molecular weight is 314 g/mol. The van der Waals surface area contributed by atoms with Crippen molar-refractivity contribution in [3.8, 4) is 0 Å². The van der Waals surface area contributed by atoms with Gasteiger partial charge in [0, 0.05) is 5.69 Å². The maximum absolute atomic E-state index is 12.7. The summed E-state index contributed by atoms with van der Waals surface area (Å²) >= 11 is 0. The number of nitrogens with two attached hydrogens (primary N) is 1. The van der Waals surface area contributed by atoms with Gasteiger partial charge >= 0.3 is 12.3 Å². The van der Waals surface area contributed by atoms with Crippen LogP contribution in [0.4, 0.5) is 23.2 Å². The van der Waals surface area contributed by atoms with Crippen molar-refractivity contribution >= 4 is 15.7 Å².